The predicted octanol–water partition coefficient (Wildman–Crippen LogP) is 4.27. The van der Waals surface area contributed by atoms with E-state index in [1.54, 1.807) is 25.7 Å². The number of ether oxygens (including phenoxy) is 1. The number of aromatic nitrogens is 4. The van der Waals surface area contributed by atoms with Crippen LogP contribution in [-0.2, 0) is 0 Å². The van der Waals surface area contributed by atoms with Crippen molar-refractivity contribution in [2.45, 2.75) is 19.9 Å². The van der Waals surface area contributed by atoms with Crippen LogP contribution in [0, 0.1) is 5.92 Å². The zero-order valence-corrected chi connectivity index (χ0v) is 19.7. The molecule has 8 nitrogen and oxygen atoms in total. The molecule has 0 unspecified atom stereocenters. The Hall–Kier alpha value is -3.78. The van der Waals surface area contributed by atoms with Crippen LogP contribution in [0.1, 0.15) is 13.8 Å². The largest absolute Gasteiger partial charge is 0.494 e. The van der Waals surface area contributed by atoms with E-state index in [0.29, 0.717) is 23.5 Å². The average Bonchev–Trinajstić information content (AvgIpc) is 2.88. The van der Waals surface area contributed by atoms with Crippen LogP contribution in [-0.4, -0.2) is 52.7 Å². The van der Waals surface area contributed by atoms with Crippen molar-refractivity contribution in [2.24, 2.45) is 5.92 Å². The van der Waals surface area contributed by atoms with E-state index in [2.05, 4.69) is 39.3 Å². The summed E-state index contributed by atoms with van der Waals surface area (Å²) in [5.41, 5.74) is 2.62. The lowest BCUT2D eigenvalue weighted by molar-refractivity contribution is 0.367. The van der Waals surface area contributed by atoms with Crippen molar-refractivity contribution >= 4 is 28.2 Å². The van der Waals surface area contributed by atoms with Gasteiger partial charge in [0.1, 0.15) is 17.4 Å². The van der Waals surface area contributed by atoms with Gasteiger partial charge in [-0.1, -0.05) is 32.0 Å². The number of pyridine rings is 2. The number of benzene rings is 1. The first-order valence-electron chi connectivity index (χ1n) is 11.6. The second-order valence-corrected chi connectivity index (χ2v) is 8.78. The number of para-hydroxylation sites is 1. The van der Waals surface area contributed by atoms with Crippen LogP contribution in [0.15, 0.2) is 61.1 Å². The first kappa shape index (κ1) is 22.0. The average molecular weight is 456 g/mol. The standard InChI is InChI=1S/C26H29N7O/c1-17(2)21-16-33(12-11-28-21)26-24-20(14-27-15-22(24)34-3)31-25(32-26)18-9-10-29-23(13-18)30-19-7-5-4-6-8-19/h4-10,13-15,17,21,28H,11-12,16H2,1-3H3,(H,29,30)/t21-/m1/s1. The molecule has 1 saturated heterocycles. The SMILES string of the molecule is COc1cncc2nc(-c3ccnc(Nc4ccccc4)c3)nc(N3CCN[C@@H](C(C)C)C3)c12. The third-order valence-corrected chi connectivity index (χ3v) is 6.15. The number of fused-ring (bicyclic) bond motifs is 1. The summed E-state index contributed by atoms with van der Waals surface area (Å²) in [5, 5.41) is 7.87. The quantitative estimate of drug-likeness (QED) is 0.446. The highest BCUT2D eigenvalue weighted by Gasteiger charge is 2.26. The van der Waals surface area contributed by atoms with Gasteiger partial charge in [-0.2, -0.15) is 0 Å². The Labute approximate surface area is 199 Å². The van der Waals surface area contributed by atoms with E-state index < -0.39 is 0 Å². The van der Waals surface area contributed by atoms with Crippen LogP contribution >= 0.6 is 0 Å². The smallest absolute Gasteiger partial charge is 0.162 e. The monoisotopic (exact) mass is 455 g/mol. The molecule has 0 aliphatic carbocycles. The maximum Gasteiger partial charge on any atom is 0.162 e. The Bertz CT molecular complexity index is 1280. The number of nitrogens with zero attached hydrogens (tertiary/aromatic N) is 5. The molecule has 0 spiro atoms. The normalized spacial score (nSPS) is 16.1. The molecule has 0 bridgehead atoms. The summed E-state index contributed by atoms with van der Waals surface area (Å²) in [5.74, 6) is 3.45. The lowest BCUT2D eigenvalue weighted by atomic mass is 10.0. The van der Waals surface area contributed by atoms with Gasteiger partial charge in [0.15, 0.2) is 5.82 Å². The van der Waals surface area contributed by atoms with E-state index in [1.807, 2.05) is 42.5 Å². The summed E-state index contributed by atoms with van der Waals surface area (Å²) in [7, 11) is 1.66. The molecule has 0 amide bonds. The van der Waals surface area contributed by atoms with Crippen LogP contribution in [0.2, 0.25) is 0 Å². The molecule has 3 aromatic heterocycles. The van der Waals surface area contributed by atoms with Crippen molar-refractivity contribution in [3.8, 4) is 17.1 Å². The molecule has 174 valence electrons. The highest BCUT2D eigenvalue weighted by molar-refractivity contribution is 5.95. The van der Waals surface area contributed by atoms with Gasteiger partial charge in [0.05, 0.1) is 30.4 Å². The van der Waals surface area contributed by atoms with Crippen molar-refractivity contribution in [1.29, 1.82) is 0 Å². The zero-order chi connectivity index (χ0) is 23.5. The van der Waals surface area contributed by atoms with Gasteiger partial charge in [-0.15, -0.1) is 0 Å². The van der Waals surface area contributed by atoms with E-state index >= 15 is 0 Å². The lowest BCUT2D eigenvalue weighted by Crippen LogP contribution is -2.53. The van der Waals surface area contributed by atoms with Crippen molar-refractivity contribution in [3.05, 3.63) is 61.1 Å². The number of rotatable bonds is 6. The first-order valence-corrected chi connectivity index (χ1v) is 11.6. The molecule has 4 heterocycles. The molecule has 5 rings (SSSR count). The molecule has 1 fully saturated rings. The number of methoxy groups -OCH3 is 1. The molecule has 1 aliphatic rings. The fourth-order valence-corrected chi connectivity index (χ4v) is 4.27. The Balaban J connectivity index is 1.58. The van der Waals surface area contributed by atoms with Crippen LogP contribution in [0.5, 0.6) is 5.75 Å². The predicted molar refractivity (Wildman–Crippen MR) is 136 cm³/mol. The van der Waals surface area contributed by atoms with E-state index in [0.717, 1.165) is 53.4 Å². The molecule has 1 atom stereocenters. The zero-order valence-electron chi connectivity index (χ0n) is 19.7. The van der Waals surface area contributed by atoms with Gasteiger partial charge in [0.25, 0.3) is 0 Å². The van der Waals surface area contributed by atoms with Gasteiger partial charge in [-0.05, 0) is 30.2 Å². The summed E-state index contributed by atoms with van der Waals surface area (Å²) in [6.45, 7) is 7.11. The Morgan fingerprint density at radius 1 is 1.12 bits per heavy atom. The Kier molecular flexibility index (Phi) is 6.22. The third kappa shape index (κ3) is 4.49. The number of piperazine rings is 1. The minimum absolute atomic E-state index is 0.387. The summed E-state index contributed by atoms with van der Waals surface area (Å²) < 4.78 is 5.66. The molecule has 8 heteroatoms. The van der Waals surface area contributed by atoms with Crippen LogP contribution < -0.4 is 20.3 Å². The Morgan fingerprint density at radius 2 is 1.97 bits per heavy atom. The third-order valence-electron chi connectivity index (χ3n) is 6.15. The number of hydrogen-bond acceptors (Lipinski definition) is 8. The minimum atomic E-state index is 0.387. The maximum absolute atomic E-state index is 5.66. The van der Waals surface area contributed by atoms with Crippen molar-refractivity contribution in [3.63, 3.8) is 0 Å². The summed E-state index contributed by atoms with van der Waals surface area (Å²) in [6, 6.07) is 14.3. The molecule has 34 heavy (non-hydrogen) atoms. The van der Waals surface area contributed by atoms with Gasteiger partial charge in [0, 0.05) is 43.1 Å². The van der Waals surface area contributed by atoms with Crippen molar-refractivity contribution in [1.82, 2.24) is 25.3 Å². The first-order chi connectivity index (χ1) is 16.6. The summed E-state index contributed by atoms with van der Waals surface area (Å²) >= 11 is 0. The number of nitrogens with one attached hydrogen (secondary N) is 2. The molecule has 1 aliphatic heterocycles. The molecular weight excluding hydrogens is 426 g/mol. The van der Waals surface area contributed by atoms with Crippen LogP contribution in [0.3, 0.4) is 0 Å². The maximum atomic E-state index is 5.66. The fraction of sp³-hybridized carbons (Fsp3) is 0.308. The highest BCUT2D eigenvalue weighted by Crippen LogP contribution is 2.34. The molecule has 1 aromatic carbocycles. The van der Waals surface area contributed by atoms with Gasteiger partial charge >= 0.3 is 0 Å². The van der Waals surface area contributed by atoms with E-state index in [1.165, 1.54) is 0 Å². The Morgan fingerprint density at radius 3 is 2.76 bits per heavy atom. The van der Waals surface area contributed by atoms with E-state index in [4.69, 9.17) is 14.7 Å². The van der Waals surface area contributed by atoms with Gasteiger partial charge < -0.3 is 20.3 Å². The summed E-state index contributed by atoms with van der Waals surface area (Å²) in [4.78, 5) is 21.1. The second kappa shape index (κ2) is 9.61. The number of anilines is 3. The second-order valence-electron chi connectivity index (χ2n) is 8.78. The van der Waals surface area contributed by atoms with Crippen molar-refractivity contribution < 1.29 is 4.74 Å². The highest BCUT2D eigenvalue weighted by atomic mass is 16.5. The van der Waals surface area contributed by atoms with Gasteiger partial charge in [-0.25, -0.2) is 15.0 Å². The van der Waals surface area contributed by atoms with Crippen LogP contribution in [0.4, 0.5) is 17.3 Å². The minimum Gasteiger partial charge on any atom is -0.494 e. The fourth-order valence-electron chi connectivity index (χ4n) is 4.27. The molecule has 4 aromatic rings. The molecular formula is C26H29N7O. The van der Waals surface area contributed by atoms with Gasteiger partial charge in [0.2, 0.25) is 0 Å². The van der Waals surface area contributed by atoms with Crippen LogP contribution in [0.25, 0.3) is 22.3 Å². The van der Waals surface area contributed by atoms with Gasteiger partial charge in [-0.3, -0.25) is 4.98 Å². The molecule has 2 N–H and O–H groups in total. The van der Waals surface area contributed by atoms with E-state index in [-0.39, 0.29) is 0 Å². The number of hydrogen-bond donors (Lipinski definition) is 2. The lowest BCUT2D eigenvalue weighted by Gasteiger charge is -2.37. The molecule has 0 saturated carbocycles. The van der Waals surface area contributed by atoms with E-state index in [9.17, 15) is 0 Å². The molecule has 0 radical (unpaired) electrons. The summed E-state index contributed by atoms with van der Waals surface area (Å²) in [6.07, 6.45) is 5.28. The van der Waals surface area contributed by atoms with Crippen molar-refractivity contribution in [2.75, 3.05) is 37.0 Å². The topological polar surface area (TPSA) is 88.1 Å².